The van der Waals surface area contributed by atoms with E-state index in [4.69, 9.17) is 5.73 Å². The lowest BCUT2D eigenvalue weighted by Crippen LogP contribution is -2.22. The molecular formula is C8H11FN2O4S2. The van der Waals surface area contributed by atoms with Crippen molar-refractivity contribution in [3.05, 3.63) is 24.0 Å². The average molecular weight is 282 g/mol. The van der Waals surface area contributed by atoms with Gasteiger partial charge in [0.25, 0.3) is 0 Å². The molecule has 0 spiro atoms. The molecule has 0 amide bonds. The summed E-state index contributed by atoms with van der Waals surface area (Å²) in [7, 11) is -7.76. The number of sulfone groups is 1. The Kier molecular flexibility index (Phi) is 3.62. The summed E-state index contributed by atoms with van der Waals surface area (Å²) in [5.74, 6) is -0.617. The predicted molar refractivity (Wildman–Crippen MR) is 63.1 cm³/mol. The third-order valence-corrected chi connectivity index (χ3v) is 5.13. The molecule has 1 rings (SSSR count). The molecule has 0 radical (unpaired) electrons. The highest BCUT2D eigenvalue weighted by Crippen LogP contribution is 2.20. The number of anilines is 2. The van der Waals surface area contributed by atoms with Crippen LogP contribution in [0.3, 0.4) is 0 Å². The third kappa shape index (κ3) is 4.57. The van der Waals surface area contributed by atoms with E-state index in [0.717, 1.165) is 24.5 Å². The van der Waals surface area contributed by atoms with Gasteiger partial charge >= 0.3 is 0 Å². The maximum absolute atomic E-state index is 12.7. The van der Waals surface area contributed by atoms with Crippen molar-refractivity contribution in [3.63, 3.8) is 0 Å². The minimum atomic E-state index is -4.07. The van der Waals surface area contributed by atoms with E-state index in [1.54, 1.807) is 0 Å². The maximum atomic E-state index is 12.7. The first-order valence-electron chi connectivity index (χ1n) is 4.32. The molecule has 0 fully saturated rings. The summed E-state index contributed by atoms with van der Waals surface area (Å²) in [4.78, 5) is 0. The fourth-order valence-corrected chi connectivity index (χ4v) is 4.12. The van der Waals surface area contributed by atoms with Gasteiger partial charge in [0.1, 0.15) is 5.82 Å². The largest absolute Gasteiger partial charge is 0.397 e. The number of benzene rings is 1. The van der Waals surface area contributed by atoms with Crippen LogP contribution in [0, 0.1) is 5.82 Å². The van der Waals surface area contributed by atoms with Crippen LogP contribution in [0.4, 0.5) is 15.8 Å². The van der Waals surface area contributed by atoms with Crippen LogP contribution in [0.1, 0.15) is 0 Å². The normalized spacial score (nSPS) is 12.4. The molecule has 1 aromatic carbocycles. The molecule has 0 atom stereocenters. The summed E-state index contributed by atoms with van der Waals surface area (Å²) in [5.41, 5.74) is 5.19. The van der Waals surface area contributed by atoms with E-state index in [1.165, 1.54) is 0 Å². The first kappa shape index (κ1) is 13.7. The Morgan fingerprint density at radius 2 is 1.88 bits per heavy atom. The molecule has 96 valence electrons. The highest BCUT2D eigenvalue weighted by atomic mass is 32.3. The van der Waals surface area contributed by atoms with E-state index in [-0.39, 0.29) is 11.4 Å². The van der Waals surface area contributed by atoms with Crippen molar-refractivity contribution in [1.82, 2.24) is 0 Å². The average Bonchev–Trinajstić information content (AvgIpc) is 2.05. The zero-order chi connectivity index (χ0) is 13.3. The van der Waals surface area contributed by atoms with Gasteiger partial charge in [0.05, 0.1) is 11.4 Å². The maximum Gasteiger partial charge on any atom is 0.247 e. The van der Waals surface area contributed by atoms with Gasteiger partial charge in [0.2, 0.25) is 10.0 Å². The zero-order valence-corrected chi connectivity index (χ0v) is 10.5. The Hall–Kier alpha value is -1.35. The number of hydrogen-bond acceptors (Lipinski definition) is 5. The van der Waals surface area contributed by atoms with Crippen LogP contribution in [0.5, 0.6) is 0 Å². The molecule has 6 nitrogen and oxygen atoms in total. The SMILES string of the molecule is CS(=O)(=O)CS(=O)(=O)Nc1ccc(F)cc1N. The molecule has 17 heavy (non-hydrogen) atoms. The van der Waals surface area contributed by atoms with E-state index in [9.17, 15) is 21.2 Å². The number of halogens is 1. The van der Waals surface area contributed by atoms with Gasteiger partial charge in [-0.3, -0.25) is 4.72 Å². The monoisotopic (exact) mass is 282 g/mol. The number of hydrogen-bond donors (Lipinski definition) is 2. The number of sulfonamides is 1. The molecule has 0 aliphatic carbocycles. The van der Waals surface area contributed by atoms with Crippen molar-refractivity contribution < 1.29 is 21.2 Å². The summed E-state index contributed by atoms with van der Waals surface area (Å²) in [6.45, 7) is 0. The topological polar surface area (TPSA) is 106 Å². The minimum Gasteiger partial charge on any atom is -0.397 e. The molecule has 0 bridgehead atoms. The summed E-state index contributed by atoms with van der Waals surface area (Å²) in [6, 6.07) is 3.05. The van der Waals surface area contributed by atoms with Crippen LogP contribution in [0.2, 0.25) is 0 Å². The first-order valence-corrected chi connectivity index (χ1v) is 8.03. The number of nitrogens with one attached hydrogen (secondary N) is 1. The van der Waals surface area contributed by atoms with Crippen LogP contribution in [0.25, 0.3) is 0 Å². The van der Waals surface area contributed by atoms with Crippen LogP contribution >= 0.6 is 0 Å². The molecule has 0 aromatic heterocycles. The van der Waals surface area contributed by atoms with E-state index in [2.05, 4.69) is 0 Å². The molecular weight excluding hydrogens is 271 g/mol. The van der Waals surface area contributed by atoms with Gasteiger partial charge in [0.15, 0.2) is 14.9 Å². The van der Waals surface area contributed by atoms with Crippen molar-refractivity contribution in [2.75, 3.05) is 21.8 Å². The highest BCUT2D eigenvalue weighted by molar-refractivity contribution is 8.08. The number of nitrogen functional groups attached to an aromatic ring is 1. The number of nitrogens with two attached hydrogens (primary N) is 1. The van der Waals surface area contributed by atoms with Crippen LogP contribution in [-0.4, -0.2) is 28.2 Å². The fraction of sp³-hybridized carbons (Fsp3) is 0.250. The lowest BCUT2D eigenvalue weighted by Gasteiger charge is -2.09. The van der Waals surface area contributed by atoms with Gasteiger partial charge in [-0.1, -0.05) is 0 Å². The molecule has 0 heterocycles. The molecule has 3 N–H and O–H groups in total. The lowest BCUT2D eigenvalue weighted by molar-refractivity contribution is 0.594. The second-order valence-electron chi connectivity index (χ2n) is 3.49. The summed E-state index contributed by atoms with van der Waals surface area (Å²) < 4.78 is 59.2. The van der Waals surface area contributed by atoms with Crippen molar-refractivity contribution in [2.24, 2.45) is 0 Å². The summed E-state index contributed by atoms with van der Waals surface area (Å²) in [6.07, 6.45) is 0.792. The molecule has 0 saturated heterocycles. The Morgan fingerprint density at radius 3 is 2.35 bits per heavy atom. The highest BCUT2D eigenvalue weighted by Gasteiger charge is 2.19. The van der Waals surface area contributed by atoms with Crippen molar-refractivity contribution >= 4 is 31.2 Å². The second kappa shape index (κ2) is 4.49. The molecule has 0 aliphatic heterocycles. The first-order chi connectivity index (χ1) is 7.59. The summed E-state index contributed by atoms with van der Waals surface area (Å²) >= 11 is 0. The van der Waals surface area contributed by atoms with Crippen LogP contribution in [-0.2, 0) is 19.9 Å². The third-order valence-electron chi connectivity index (χ3n) is 1.65. The lowest BCUT2D eigenvalue weighted by atomic mass is 10.3. The Morgan fingerprint density at radius 1 is 1.29 bits per heavy atom. The van der Waals surface area contributed by atoms with Crippen molar-refractivity contribution in [2.45, 2.75) is 0 Å². The number of rotatable bonds is 4. The van der Waals surface area contributed by atoms with Gasteiger partial charge in [-0.05, 0) is 18.2 Å². The standard InChI is InChI=1S/C8H11FN2O4S2/c1-16(12,13)5-17(14,15)11-8-3-2-6(9)4-7(8)10/h2-4,11H,5,10H2,1H3. The van der Waals surface area contributed by atoms with Crippen LogP contribution in [0.15, 0.2) is 18.2 Å². The molecule has 0 saturated carbocycles. The quantitative estimate of drug-likeness (QED) is 0.765. The predicted octanol–water partition coefficient (Wildman–Crippen LogP) is 0.152. The van der Waals surface area contributed by atoms with E-state index in [0.29, 0.717) is 0 Å². The molecule has 0 aliphatic rings. The minimum absolute atomic E-state index is 0.0601. The van der Waals surface area contributed by atoms with E-state index in [1.807, 2.05) is 4.72 Å². The second-order valence-corrected chi connectivity index (χ2v) is 7.72. The van der Waals surface area contributed by atoms with Gasteiger partial charge < -0.3 is 5.73 Å². The molecule has 1 aromatic rings. The smallest absolute Gasteiger partial charge is 0.247 e. The Balaban J connectivity index is 2.99. The molecule has 9 heteroatoms. The Labute approximate surface area is 98.6 Å². The van der Waals surface area contributed by atoms with Gasteiger partial charge in [-0.25, -0.2) is 21.2 Å². The van der Waals surface area contributed by atoms with Crippen molar-refractivity contribution in [3.8, 4) is 0 Å². The van der Waals surface area contributed by atoms with Gasteiger partial charge in [0, 0.05) is 6.26 Å². The zero-order valence-electron chi connectivity index (χ0n) is 8.84. The van der Waals surface area contributed by atoms with Crippen LogP contribution < -0.4 is 10.5 Å². The Bertz CT molecular complexity index is 625. The molecule has 0 unspecified atom stereocenters. The van der Waals surface area contributed by atoms with E-state index >= 15 is 0 Å². The summed E-state index contributed by atoms with van der Waals surface area (Å²) in [5, 5.41) is -1.06. The van der Waals surface area contributed by atoms with Gasteiger partial charge in [-0.15, -0.1) is 0 Å². The van der Waals surface area contributed by atoms with Crippen molar-refractivity contribution in [1.29, 1.82) is 0 Å². The van der Waals surface area contributed by atoms with Gasteiger partial charge in [-0.2, -0.15) is 0 Å². The fourth-order valence-electron chi connectivity index (χ4n) is 1.11. The van der Waals surface area contributed by atoms with E-state index < -0.39 is 30.8 Å².